The van der Waals surface area contributed by atoms with E-state index in [-0.39, 0.29) is 0 Å². The summed E-state index contributed by atoms with van der Waals surface area (Å²) in [5, 5.41) is 3.45. The van der Waals surface area contributed by atoms with E-state index in [0.29, 0.717) is 6.04 Å². The molecule has 0 aliphatic carbocycles. The van der Waals surface area contributed by atoms with Crippen molar-refractivity contribution in [3.63, 3.8) is 0 Å². The molecule has 1 N–H and O–H groups in total. The first-order valence-corrected chi connectivity index (χ1v) is 7.89. The Bertz CT molecular complexity index is 782. The summed E-state index contributed by atoms with van der Waals surface area (Å²) in [5.74, 6) is 1.12. The zero-order valence-electron chi connectivity index (χ0n) is 12.8. The van der Waals surface area contributed by atoms with Crippen molar-refractivity contribution in [1.29, 1.82) is 0 Å². The minimum Gasteiger partial charge on any atom is -0.315 e. The van der Waals surface area contributed by atoms with Gasteiger partial charge in [0.05, 0.1) is 6.04 Å². The Labute approximate surface area is 130 Å². The lowest BCUT2D eigenvalue weighted by Gasteiger charge is -2.15. The molecule has 0 spiro atoms. The predicted octanol–water partition coefficient (Wildman–Crippen LogP) is 2.86. The quantitative estimate of drug-likeness (QED) is 0.807. The largest absolute Gasteiger partial charge is 0.315 e. The highest BCUT2D eigenvalue weighted by molar-refractivity contribution is 5.71. The van der Waals surface area contributed by atoms with E-state index < -0.39 is 0 Å². The second-order valence-electron chi connectivity index (χ2n) is 6.05. The molecule has 0 saturated carbocycles. The summed E-state index contributed by atoms with van der Waals surface area (Å²) >= 11 is 0. The van der Waals surface area contributed by atoms with Crippen LogP contribution in [0.25, 0.3) is 11.2 Å². The van der Waals surface area contributed by atoms with Crippen molar-refractivity contribution in [2.45, 2.75) is 25.8 Å². The fourth-order valence-electron chi connectivity index (χ4n) is 3.23. The summed E-state index contributed by atoms with van der Waals surface area (Å²) in [5.41, 5.74) is 4.60. The lowest BCUT2D eigenvalue weighted by atomic mass is 10.1. The molecule has 4 heteroatoms. The summed E-state index contributed by atoms with van der Waals surface area (Å²) < 4.78 is 2.34. The number of hydrogen-bond donors (Lipinski definition) is 1. The Morgan fingerprint density at radius 2 is 2.09 bits per heavy atom. The van der Waals surface area contributed by atoms with E-state index in [9.17, 15) is 0 Å². The van der Waals surface area contributed by atoms with Gasteiger partial charge in [-0.3, -0.25) is 0 Å². The van der Waals surface area contributed by atoms with Crippen LogP contribution >= 0.6 is 0 Å². The number of aromatic nitrogens is 3. The standard InChI is InChI=1S/C18H20N4/c1-13-4-6-14(7-5-13)11-17-21-16-3-2-9-20-18(16)22(17)15-8-10-19-12-15/h2-7,9,15,19H,8,10-12H2,1H3. The van der Waals surface area contributed by atoms with Gasteiger partial charge in [-0.2, -0.15) is 0 Å². The minimum atomic E-state index is 0.459. The molecule has 3 aromatic rings. The van der Waals surface area contributed by atoms with Gasteiger partial charge in [0.15, 0.2) is 5.65 Å². The van der Waals surface area contributed by atoms with Crippen LogP contribution in [0, 0.1) is 6.92 Å². The highest BCUT2D eigenvalue weighted by atomic mass is 15.2. The number of imidazole rings is 1. The Kier molecular flexibility index (Phi) is 3.39. The highest BCUT2D eigenvalue weighted by Gasteiger charge is 2.22. The van der Waals surface area contributed by atoms with Crippen molar-refractivity contribution < 1.29 is 0 Å². The van der Waals surface area contributed by atoms with Crippen molar-refractivity contribution in [2.24, 2.45) is 0 Å². The van der Waals surface area contributed by atoms with Gasteiger partial charge in [-0.25, -0.2) is 9.97 Å². The number of aryl methyl sites for hydroxylation is 1. The van der Waals surface area contributed by atoms with Gasteiger partial charge in [0.2, 0.25) is 0 Å². The van der Waals surface area contributed by atoms with Crippen LogP contribution in [0.2, 0.25) is 0 Å². The monoisotopic (exact) mass is 292 g/mol. The molecule has 22 heavy (non-hydrogen) atoms. The number of fused-ring (bicyclic) bond motifs is 1. The Hall–Kier alpha value is -2.20. The molecule has 1 fully saturated rings. The number of nitrogens with one attached hydrogen (secondary N) is 1. The van der Waals surface area contributed by atoms with E-state index in [2.05, 4.69) is 52.1 Å². The molecule has 4 nitrogen and oxygen atoms in total. The molecule has 0 bridgehead atoms. The molecular formula is C18H20N4. The summed E-state index contributed by atoms with van der Waals surface area (Å²) in [6.45, 7) is 4.19. The molecule has 1 atom stereocenters. The number of benzene rings is 1. The normalized spacial score (nSPS) is 18.1. The summed E-state index contributed by atoms with van der Waals surface area (Å²) in [7, 11) is 0. The van der Waals surface area contributed by atoms with Crippen LogP contribution < -0.4 is 5.32 Å². The Morgan fingerprint density at radius 3 is 2.86 bits per heavy atom. The molecule has 1 saturated heterocycles. The molecule has 1 aromatic carbocycles. The second kappa shape index (κ2) is 5.54. The van der Waals surface area contributed by atoms with Gasteiger partial charge in [0.25, 0.3) is 0 Å². The van der Waals surface area contributed by atoms with Crippen LogP contribution in [-0.4, -0.2) is 27.6 Å². The zero-order valence-corrected chi connectivity index (χ0v) is 12.8. The van der Waals surface area contributed by atoms with Crippen molar-refractivity contribution in [3.8, 4) is 0 Å². The molecule has 0 radical (unpaired) electrons. The number of nitrogens with zero attached hydrogens (tertiary/aromatic N) is 3. The van der Waals surface area contributed by atoms with E-state index >= 15 is 0 Å². The van der Waals surface area contributed by atoms with E-state index in [0.717, 1.165) is 42.9 Å². The van der Waals surface area contributed by atoms with Crippen LogP contribution in [0.3, 0.4) is 0 Å². The first-order chi connectivity index (χ1) is 10.8. The molecule has 1 aliphatic rings. The topological polar surface area (TPSA) is 42.7 Å². The zero-order chi connectivity index (χ0) is 14.9. The van der Waals surface area contributed by atoms with Crippen molar-refractivity contribution >= 4 is 11.2 Å². The van der Waals surface area contributed by atoms with Gasteiger partial charge in [-0.1, -0.05) is 29.8 Å². The van der Waals surface area contributed by atoms with E-state index in [4.69, 9.17) is 4.98 Å². The average Bonchev–Trinajstić information content (AvgIpc) is 3.16. The summed E-state index contributed by atoms with van der Waals surface area (Å²) in [4.78, 5) is 9.42. The maximum atomic E-state index is 4.85. The second-order valence-corrected chi connectivity index (χ2v) is 6.05. The maximum absolute atomic E-state index is 4.85. The van der Waals surface area contributed by atoms with Gasteiger partial charge in [0.1, 0.15) is 11.3 Å². The molecule has 1 unspecified atom stereocenters. The van der Waals surface area contributed by atoms with E-state index in [1.165, 1.54) is 11.1 Å². The fourth-order valence-corrected chi connectivity index (χ4v) is 3.23. The van der Waals surface area contributed by atoms with Gasteiger partial charge in [-0.05, 0) is 37.6 Å². The Balaban J connectivity index is 1.78. The minimum absolute atomic E-state index is 0.459. The first-order valence-electron chi connectivity index (χ1n) is 7.89. The SMILES string of the molecule is Cc1ccc(Cc2nc3cccnc3n2C2CCNC2)cc1. The van der Waals surface area contributed by atoms with Crippen molar-refractivity contribution in [2.75, 3.05) is 13.1 Å². The van der Waals surface area contributed by atoms with E-state index in [1.54, 1.807) is 0 Å². The third-order valence-corrected chi connectivity index (χ3v) is 4.40. The van der Waals surface area contributed by atoms with Crippen LogP contribution in [0.4, 0.5) is 0 Å². The van der Waals surface area contributed by atoms with Gasteiger partial charge < -0.3 is 9.88 Å². The molecule has 3 heterocycles. The lowest BCUT2D eigenvalue weighted by Crippen LogP contribution is -2.16. The maximum Gasteiger partial charge on any atom is 0.160 e. The van der Waals surface area contributed by atoms with Crippen LogP contribution in [-0.2, 0) is 6.42 Å². The molecule has 0 amide bonds. The van der Waals surface area contributed by atoms with Gasteiger partial charge >= 0.3 is 0 Å². The van der Waals surface area contributed by atoms with Crippen molar-refractivity contribution in [1.82, 2.24) is 19.9 Å². The van der Waals surface area contributed by atoms with Gasteiger partial charge in [0, 0.05) is 19.2 Å². The Morgan fingerprint density at radius 1 is 1.23 bits per heavy atom. The van der Waals surface area contributed by atoms with Crippen LogP contribution in [0.1, 0.15) is 29.4 Å². The molecule has 112 valence electrons. The third kappa shape index (κ3) is 2.40. The average molecular weight is 292 g/mol. The predicted molar refractivity (Wildman–Crippen MR) is 88.0 cm³/mol. The third-order valence-electron chi connectivity index (χ3n) is 4.40. The first kappa shape index (κ1) is 13.5. The molecule has 2 aromatic heterocycles. The molecule has 4 rings (SSSR count). The van der Waals surface area contributed by atoms with Gasteiger partial charge in [-0.15, -0.1) is 0 Å². The smallest absolute Gasteiger partial charge is 0.160 e. The lowest BCUT2D eigenvalue weighted by molar-refractivity contribution is 0.538. The summed E-state index contributed by atoms with van der Waals surface area (Å²) in [6.07, 6.45) is 3.86. The van der Waals surface area contributed by atoms with E-state index in [1.807, 2.05) is 12.3 Å². The number of hydrogen-bond acceptors (Lipinski definition) is 3. The molecular weight excluding hydrogens is 272 g/mol. The fraction of sp³-hybridized carbons (Fsp3) is 0.333. The molecule has 1 aliphatic heterocycles. The summed E-state index contributed by atoms with van der Waals surface area (Å²) in [6, 6.07) is 13.2. The number of rotatable bonds is 3. The van der Waals surface area contributed by atoms with Crippen LogP contribution in [0.15, 0.2) is 42.6 Å². The van der Waals surface area contributed by atoms with Crippen molar-refractivity contribution in [3.05, 3.63) is 59.5 Å². The van der Waals surface area contributed by atoms with Crippen LogP contribution in [0.5, 0.6) is 0 Å². The highest BCUT2D eigenvalue weighted by Crippen LogP contribution is 2.25. The number of pyridine rings is 1.